The summed E-state index contributed by atoms with van der Waals surface area (Å²) in [5.41, 5.74) is 4.93. The summed E-state index contributed by atoms with van der Waals surface area (Å²) in [6.07, 6.45) is 2.19. The molecule has 3 aromatic rings. The molecule has 0 bridgehead atoms. The molecule has 9 heteroatoms. The van der Waals surface area contributed by atoms with Gasteiger partial charge in [0.25, 0.3) is 5.91 Å². The van der Waals surface area contributed by atoms with Gasteiger partial charge in [-0.1, -0.05) is 0 Å². The summed E-state index contributed by atoms with van der Waals surface area (Å²) in [5.74, 6) is 0.249. The van der Waals surface area contributed by atoms with Gasteiger partial charge in [-0.3, -0.25) is 9.48 Å². The number of sulfone groups is 1. The van der Waals surface area contributed by atoms with Gasteiger partial charge in [0.15, 0.2) is 9.84 Å². The maximum atomic E-state index is 12.9. The van der Waals surface area contributed by atoms with Crippen molar-refractivity contribution in [3.05, 3.63) is 47.0 Å². The van der Waals surface area contributed by atoms with E-state index in [1.807, 2.05) is 24.6 Å². The number of nitrogens with zero attached hydrogens (tertiary/aromatic N) is 4. The van der Waals surface area contributed by atoms with E-state index >= 15 is 0 Å². The van der Waals surface area contributed by atoms with Gasteiger partial charge in [0.1, 0.15) is 0 Å². The standard InChI is InChI=1S/C19H23N5O3S/c1-12-16(13(2)24(22-12)15-6-7-28(26,27)10-15)9-23(3)19(25)14-4-5-17-18(8-14)21-11-20-17/h4-5,8,11,15H,6-7,9-10H2,1-3H3,(H,20,21)/t15-/m1/s1. The number of H-pyrrole nitrogens is 1. The van der Waals surface area contributed by atoms with Crippen LogP contribution in [-0.2, 0) is 16.4 Å². The number of hydrogen-bond acceptors (Lipinski definition) is 5. The quantitative estimate of drug-likeness (QED) is 0.721. The predicted octanol–water partition coefficient (Wildman–Crippen LogP) is 2.01. The van der Waals surface area contributed by atoms with Crippen molar-refractivity contribution in [2.24, 2.45) is 0 Å². The molecule has 0 unspecified atom stereocenters. The smallest absolute Gasteiger partial charge is 0.253 e. The molecule has 1 N–H and O–H groups in total. The third kappa shape index (κ3) is 3.30. The Balaban J connectivity index is 1.55. The highest BCUT2D eigenvalue weighted by Gasteiger charge is 2.31. The third-order valence-corrected chi connectivity index (χ3v) is 7.19. The Morgan fingerprint density at radius 3 is 2.86 bits per heavy atom. The highest BCUT2D eigenvalue weighted by atomic mass is 32.2. The van der Waals surface area contributed by atoms with Crippen LogP contribution in [0.3, 0.4) is 0 Å². The number of aromatic amines is 1. The van der Waals surface area contributed by atoms with Crippen molar-refractivity contribution >= 4 is 26.8 Å². The van der Waals surface area contributed by atoms with Crippen molar-refractivity contribution in [1.82, 2.24) is 24.6 Å². The molecule has 3 heterocycles. The summed E-state index contributed by atoms with van der Waals surface area (Å²) in [6.45, 7) is 4.25. The van der Waals surface area contributed by atoms with Crippen molar-refractivity contribution in [2.45, 2.75) is 32.9 Å². The lowest BCUT2D eigenvalue weighted by Gasteiger charge is -2.18. The number of imidazole rings is 1. The van der Waals surface area contributed by atoms with E-state index in [0.717, 1.165) is 28.0 Å². The van der Waals surface area contributed by atoms with Gasteiger partial charge in [0.2, 0.25) is 0 Å². The van der Waals surface area contributed by atoms with Crippen LogP contribution in [0.4, 0.5) is 0 Å². The first-order valence-electron chi connectivity index (χ1n) is 9.19. The van der Waals surface area contributed by atoms with Crippen LogP contribution in [0.2, 0.25) is 0 Å². The zero-order chi connectivity index (χ0) is 20.1. The van der Waals surface area contributed by atoms with Crippen LogP contribution in [0, 0.1) is 13.8 Å². The van der Waals surface area contributed by atoms with E-state index in [-0.39, 0.29) is 23.5 Å². The average molecular weight is 401 g/mol. The second kappa shape index (κ2) is 6.73. The van der Waals surface area contributed by atoms with Gasteiger partial charge in [-0.25, -0.2) is 13.4 Å². The molecule has 2 aromatic heterocycles. The number of carbonyl (C=O) groups excluding carboxylic acids is 1. The molecule has 4 rings (SSSR count). The molecule has 148 valence electrons. The monoisotopic (exact) mass is 401 g/mol. The average Bonchev–Trinajstić information content (AvgIpc) is 3.33. The Morgan fingerprint density at radius 1 is 1.36 bits per heavy atom. The number of amides is 1. The molecule has 1 atom stereocenters. The van der Waals surface area contributed by atoms with E-state index < -0.39 is 9.84 Å². The normalized spacial score (nSPS) is 18.6. The molecule has 1 amide bonds. The summed E-state index contributed by atoms with van der Waals surface area (Å²) in [7, 11) is -1.22. The van der Waals surface area contributed by atoms with Gasteiger partial charge in [-0.05, 0) is 38.5 Å². The first kappa shape index (κ1) is 18.7. The topological polar surface area (TPSA) is 101 Å². The molecule has 1 aromatic carbocycles. The molecule has 1 aliphatic heterocycles. The van der Waals surface area contributed by atoms with Crippen molar-refractivity contribution in [1.29, 1.82) is 0 Å². The fourth-order valence-electron chi connectivity index (χ4n) is 3.85. The minimum Gasteiger partial charge on any atom is -0.345 e. The van der Waals surface area contributed by atoms with Crippen molar-refractivity contribution in [3.8, 4) is 0 Å². The van der Waals surface area contributed by atoms with Crippen LogP contribution >= 0.6 is 0 Å². The number of aromatic nitrogens is 4. The van der Waals surface area contributed by atoms with E-state index in [9.17, 15) is 13.2 Å². The lowest BCUT2D eigenvalue weighted by molar-refractivity contribution is 0.0785. The van der Waals surface area contributed by atoms with E-state index in [4.69, 9.17) is 0 Å². The number of aryl methyl sites for hydroxylation is 1. The van der Waals surface area contributed by atoms with E-state index in [2.05, 4.69) is 15.1 Å². The maximum Gasteiger partial charge on any atom is 0.253 e. The molecule has 1 saturated heterocycles. The first-order valence-corrected chi connectivity index (χ1v) is 11.0. The Hall–Kier alpha value is -2.68. The minimum atomic E-state index is -2.98. The molecule has 0 spiro atoms. The lowest BCUT2D eigenvalue weighted by Crippen LogP contribution is -2.26. The molecule has 1 fully saturated rings. The number of rotatable bonds is 4. The van der Waals surface area contributed by atoms with Gasteiger partial charge in [0.05, 0.1) is 40.6 Å². The van der Waals surface area contributed by atoms with E-state index in [1.54, 1.807) is 30.4 Å². The molecular weight excluding hydrogens is 378 g/mol. The van der Waals surface area contributed by atoms with Gasteiger partial charge in [0, 0.05) is 30.4 Å². The summed E-state index contributed by atoms with van der Waals surface area (Å²) in [5, 5.41) is 4.58. The van der Waals surface area contributed by atoms with Crippen LogP contribution in [0.15, 0.2) is 24.5 Å². The van der Waals surface area contributed by atoms with Gasteiger partial charge in [-0.15, -0.1) is 0 Å². The molecular formula is C19H23N5O3S. The molecule has 0 saturated carbocycles. The number of nitrogens with one attached hydrogen (secondary N) is 1. The summed E-state index contributed by atoms with van der Waals surface area (Å²) < 4.78 is 25.5. The van der Waals surface area contributed by atoms with Crippen LogP contribution in [0.25, 0.3) is 11.0 Å². The van der Waals surface area contributed by atoms with Crippen LogP contribution in [0.5, 0.6) is 0 Å². The number of hydrogen-bond donors (Lipinski definition) is 1. The first-order chi connectivity index (χ1) is 13.2. The van der Waals surface area contributed by atoms with E-state index in [0.29, 0.717) is 18.5 Å². The summed E-state index contributed by atoms with van der Waals surface area (Å²) in [4.78, 5) is 21.7. The van der Waals surface area contributed by atoms with Crippen molar-refractivity contribution < 1.29 is 13.2 Å². The maximum absolute atomic E-state index is 12.9. The highest BCUT2D eigenvalue weighted by Crippen LogP contribution is 2.27. The SMILES string of the molecule is Cc1nn([C@@H]2CCS(=O)(=O)C2)c(C)c1CN(C)C(=O)c1ccc2nc[nH]c2c1. The zero-order valence-corrected chi connectivity index (χ0v) is 17.0. The Morgan fingerprint density at radius 2 is 2.14 bits per heavy atom. The zero-order valence-electron chi connectivity index (χ0n) is 16.1. The molecule has 28 heavy (non-hydrogen) atoms. The number of benzene rings is 1. The Kier molecular flexibility index (Phi) is 4.49. The predicted molar refractivity (Wildman–Crippen MR) is 106 cm³/mol. The second-order valence-corrected chi connectivity index (χ2v) is 9.68. The van der Waals surface area contributed by atoms with E-state index in [1.165, 1.54) is 0 Å². The van der Waals surface area contributed by atoms with Crippen molar-refractivity contribution in [3.63, 3.8) is 0 Å². The number of carbonyl (C=O) groups is 1. The van der Waals surface area contributed by atoms with Gasteiger partial charge >= 0.3 is 0 Å². The van der Waals surface area contributed by atoms with Crippen LogP contribution in [0.1, 0.15) is 39.8 Å². The third-order valence-electron chi connectivity index (χ3n) is 5.44. The van der Waals surface area contributed by atoms with Gasteiger partial charge < -0.3 is 9.88 Å². The van der Waals surface area contributed by atoms with Crippen LogP contribution < -0.4 is 0 Å². The fraction of sp³-hybridized carbons (Fsp3) is 0.421. The van der Waals surface area contributed by atoms with Gasteiger partial charge in [-0.2, -0.15) is 5.10 Å². The molecule has 8 nitrogen and oxygen atoms in total. The summed E-state index contributed by atoms with van der Waals surface area (Å²) in [6, 6.07) is 5.27. The minimum absolute atomic E-state index is 0.0912. The van der Waals surface area contributed by atoms with Crippen molar-refractivity contribution in [2.75, 3.05) is 18.6 Å². The number of fused-ring (bicyclic) bond motifs is 1. The Bertz CT molecular complexity index is 1160. The highest BCUT2D eigenvalue weighted by molar-refractivity contribution is 7.91. The largest absolute Gasteiger partial charge is 0.345 e. The second-order valence-electron chi connectivity index (χ2n) is 7.45. The molecule has 0 radical (unpaired) electrons. The lowest BCUT2D eigenvalue weighted by atomic mass is 10.1. The Labute approximate surface area is 163 Å². The fourth-order valence-corrected chi connectivity index (χ4v) is 5.54. The summed E-state index contributed by atoms with van der Waals surface area (Å²) >= 11 is 0. The van der Waals surface area contributed by atoms with Crippen LogP contribution in [-0.4, -0.2) is 57.5 Å². The molecule has 0 aliphatic carbocycles. The molecule has 1 aliphatic rings.